The molecule has 1 unspecified atom stereocenters. The Morgan fingerprint density at radius 1 is 1.38 bits per heavy atom. The van der Waals surface area contributed by atoms with Crippen LogP contribution >= 0.6 is 11.6 Å². The van der Waals surface area contributed by atoms with Gasteiger partial charge >= 0.3 is 0 Å². The maximum Gasteiger partial charge on any atom is 0.173 e. The lowest BCUT2D eigenvalue weighted by molar-refractivity contribution is -0.0461. The fraction of sp³-hybridized carbons (Fsp3) is 0.500. The van der Waals surface area contributed by atoms with Gasteiger partial charge in [-0.15, -0.1) is 0 Å². The summed E-state index contributed by atoms with van der Waals surface area (Å²) >= 11 is 5.85. The third-order valence-corrected chi connectivity index (χ3v) is 3.01. The van der Waals surface area contributed by atoms with Gasteiger partial charge in [0.1, 0.15) is 0 Å². The molecule has 1 saturated heterocycles. The molecule has 0 aromatic heterocycles. The highest BCUT2D eigenvalue weighted by Gasteiger charge is 2.18. The van der Waals surface area contributed by atoms with Crippen LogP contribution in [-0.2, 0) is 9.57 Å². The summed E-state index contributed by atoms with van der Waals surface area (Å²) in [4.78, 5) is 5.53. The van der Waals surface area contributed by atoms with E-state index < -0.39 is 0 Å². The SMILES string of the molecule is CCC1COCON(c2ccc(Cl)cc2)C1. The zero-order valence-electron chi connectivity index (χ0n) is 9.36. The lowest BCUT2D eigenvalue weighted by atomic mass is 10.1. The maximum atomic E-state index is 5.85. The second-order valence-corrected chi connectivity index (χ2v) is 4.37. The summed E-state index contributed by atoms with van der Waals surface area (Å²) in [6.07, 6.45) is 1.09. The van der Waals surface area contributed by atoms with Gasteiger partial charge in [0, 0.05) is 10.9 Å². The summed E-state index contributed by atoms with van der Waals surface area (Å²) < 4.78 is 5.38. The van der Waals surface area contributed by atoms with E-state index in [4.69, 9.17) is 21.2 Å². The Kier molecular flexibility index (Phi) is 4.04. The Labute approximate surface area is 101 Å². The Morgan fingerprint density at radius 2 is 2.12 bits per heavy atom. The second-order valence-electron chi connectivity index (χ2n) is 3.93. The summed E-state index contributed by atoms with van der Waals surface area (Å²) in [7, 11) is 0. The molecular weight excluding hydrogens is 226 g/mol. The zero-order valence-corrected chi connectivity index (χ0v) is 10.1. The Bertz CT molecular complexity index is 328. The van der Waals surface area contributed by atoms with Crippen molar-refractivity contribution in [3.63, 3.8) is 0 Å². The van der Waals surface area contributed by atoms with Crippen LogP contribution in [0.1, 0.15) is 13.3 Å². The molecule has 3 nitrogen and oxygen atoms in total. The first kappa shape index (κ1) is 11.7. The van der Waals surface area contributed by atoms with Gasteiger partial charge in [-0.25, -0.2) is 4.84 Å². The number of hydroxylamine groups is 1. The van der Waals surface area contributed by atoms with Gasteiger partial charge in [0.15, 0.2) is 6.79 Å². The number of ether oxygens (including phenoxy) is 1. The van der Waals surface area contributed by atoms with Crippen LogP contribution in [0.25, 0.3) is 0 Å². The van der Waals surface area contributed by atoms with Gasteiger partial charge < -0.3 is 4.74 Å². The summed E-state index contributed by atoms with van der Waals surface area (Å²) in [5, 5.41) is 2.62. The minimum absolute atomic E-state index is 0.319. The van der Waals surface area contributed by atoms with Crippen molar-refractivity contribution < 1.29 is 9.57 Å². The summed E-state index contributed by atoms with van der Waals surface area (Å²) in [6.45, 7) is 4.11. The lowest BCUT2D eigenvalue weighted by Gasteiger charge is -2.23. The number of anilines is 1. The summed E-state index contributed by atoms with van der Waals surface area (Å²) in [6, 6.07) is 7.65. The summed E-state index contributed by atoms with van der Waals surface area (Å²) in [5.74, 6) is 0.512. The van der Waals surface area contributed by atoms with Crippen molar-refractivity contribution in [3.8, 4) is 0 Å². The molecule has 88 valence electrons. The maximum absolute atomic E-state index is 5.85. The van der Waals surface area contributed by atoms with Crippen LogP contribution in [0.15, 0.2) is 24.3 Å². The first-order valence-electron chi connectivity index (χ1n) is 5.53. The fourth-order valence-electron chi connectivity index (χ4n) is 1.69. The van der Waals surface area contributed by atoms with Gasteiger partial charge in [0.25, 0.3) is 0 Å². The highest BCUT2D eigenvalue weighted by molar-refractivity contribution is 6.30. The zero-order chi connectivity index (χ0) is 11.4. The highest BCUT2D eigenvalue weighted by Crippen LogP contribution is 2.21. The quantitative estimate of drug-likeness (QED) is 0.794. The van der Waals surface area contributed by atoms with Crippen LogP contribution in [0.4, 0.5) is 5.69 Å². The van der Waals surface area contributed by atoms with Crippen LogP contribution in [-0.4, -0.2) is 19.9 Å². The largest absolute Gasteiger partial charge is 0.352 e. The van der Waals surface area contributed by atoms with Crippen LogP contribution in [0, 0.1) is 5.92 Å². The van der Waals surface area contributed by atoms with Gasteiger partial charge in [-0.3, -0.25) is 5.06 Å². The third-order valence-electron chi connectivity index (χ3n) is 2.76. The Balaban J connectivity index is 2.09. The molecule has 1 aliphatic rings. The van der Waals surface area contributed by atoms with E-state index in [0.717, 1.165) is 30.3 Å². The third kappa shape index (κ3) is 2.88. The predicted molar refractivity (Wildman–Crippen MR) is 64.5 cm³/mol. The Hall–Kier alpha value is -0.770. The van der Waals surface area contributed by atoms with Crippen molar-refractivity contribution in [3.05, 3.63) is 29.3 Å². The molecule has 1 aliphatic heterocycles. The number of halogens is 1. The number of rotatable bonds is 2. The molecule has 1 atom stereocenters. The molecule has 0 amide bonds. The van der Waals surface area contributed by atoms with Crippen molar-refractivity contribution in [1.82, 2.24) is 0 Å². The van der Waals surface area contributed by atoms with Crippen molar-refractivity contribution in [2.75, 3.05) is 25.0 Å². The highest BCUT2D eigenvalue weighted by atomic mass is 35.5. The molecule has 0 saturated carbocycles. The number of benzene rings is 1. The van der Waals surface area contributed by atoms with Crippen molar-refractivity contribution in [2.45, 2.75) is 13.3 Å². The molecule has 1 fully saturated rings. The van der Waals surface area contributed by atoms with E-state index in [2.05, 4.69) is 6.92 Å². The molecule has 0 bridgehead atoms. The van der Waals surface area contributed by atoms with E-state index >= 15 is 0 Å². The molecular formula is C12H16ClNO2. The normalized spacial score (nSPS) is 21.9. The lowest BCUT2D eigenvalue weighted by Crippen LogP contribution is -2.27. The van der Waals surface area contributed by atoms with Crippen molar-refractivity contribution in [1.29, 1.82) is 0 Å². The van der Waals surface area contributed by atoms with Gasteiger partial charge in [-0.05, 0) is 30.7 Å². The standard InChI is InChI=1S/C12H16ClNO2/c1-2-10-7-14(16-9-15-8-10)12-5-3-11(13)4-6-12/h3-6,10H,2,7-9H2,1H3. The van der Waals surface area contributed by atoms with Crippen LogP contribution in [0.2, 0.25) is 5.02 Å². The molecule has 0 spiro atoms. The van der Waals surface area contributed by atoms with E-state index in [-0.39, 0.29) is 0 Å². The summed E-state index contributed by atoms with van der Waals surface area (Å²) in [5.41, 5.74) is 1.02. The van der Waals surface area contributed by atoms with Crippen LogP contribution in [0.3, 0.4) is 0 Å². The minimum atomic E-state index is 0.319. The smallest absolute Gasteiger partial charge is 0.173 e. The number of hydrogen-bond donors (Lipinski definition) is 0. The molecule has 1 aromatic carbocycles. The van der Waals surface area contributed by atoms with Crippen molar-refractivity contribution in [2.24, 2.45) is 5.92 Å². The Morgan fingerprint density at radius 3 is 2.81 bits per heavy atom. The molecule has 1 heterocycles. The van der Waals surface area contributed by atoms with Gasteiger partial charge in [-0.2, -0.15) is 0 Å². The monoisotopic (exact) mass is 241 g/mol. The number of nitrogens with zero attached hydrogens (tertiary/aromatic N) is 1. The molecule has 2 rings (SSSR count). The molecule has 4 heteroatoms. The minimum Gasteiger partial charge on any atom is -0.352 e. The van der Waals surface area contributed by atoms with Gasteiger partial charge in [-0.1, -0.05) is 18.5 Å². The average molecular weight is 242 g/mol. The first-order valence-corrected chi connectivity index (χ1v) is 5.91. The van der Waals surface area contributed by atoms with Crippen LogP contribution < -0.4 is 5.06 Å². The van der Waals surface area contributed by atoms with E-state index in [1.54, 1.807) is 0 Å². The average Bonchev–Trinajstić information content (AvgIpc) is 2.55. The predicted octanol–water partition coefficient (Wildman–Crippen LogP) is 3.09. The van der Waals surface area contributed by atoms with Crippen LogP contribution in [0.5, 0.6) is 0 Å². The molecule has 0 N–H and O–H groups in total. The second kappa shape index (κ2) is 5.53. The molecule has 0 aliphatic carbocycles. The molecule has 1 aromatic rings. The van der Waals surface area contributed by atoms with E-state index in [0.29, 0.717) is 12.7 Å². The van der Waals surface area contributed by atoms with E-state index in [1.807, 2.05) is 29.3 Å². The van der Waals surface area contributed by atoms with E-state index in [9.17, 15) is 0 Å². The van der Waals surface area contributed by atoms with Crippen molar-refractivity contribution >= 4 is 17.3 Å². The molecule has 16 heavy (non-hydrogen) atoms. The first-order chi connectivity index (χ1) is 7.79. The fourth-order valence-corrected chi connectivity index (χ4v) is 1.82. The number of hydrogen-bond acceptors (Lipinski definition) is 3. The van der Waals surface area contributed by atoms with Gasteiger partial charge in [0.05, 0.1) is 18.8 Å². The van der Waals surface area contributed by atoms with E-state index in [1.165, 1.54) is 0 Å². The topological polar surface area (TPSA) is 21.7 Å². The van der Waals surface area contributed by atoms with Gasteiger partial charge in [0.2, 0.25) is 0 Å². The molecule has 0 radical (unpaired) electrons.